The summed E-state index contributed by atoms with van der Waals surface area (Å²) in [5.74, 6) is 1.47. The van der Waals surface area contributed by atoms with Crippen LogP contribution in [0.2, 0.25) is 39.3 Å². The predicted octanol–water partition coefficient (Wildman–Crippen LogP) is 5.06. The molecule has 3 aliphatic rings. The summed E-state index contributed by atoms with van der Waals surface area (Å²) in [6.07, 6.45) is 3.37. The van der Waals surface area contributed by atoms with Crippen molar-refractivity contribution in [2.45, 2.75) is 97.1 Å². The van der Waals surface area contributed by atoms with Crippen molar-refractivity contribution in [3.63, 3.8) is 0 Å². The fourth-order valence-corrected chi connectivity index (χ4v) is 8.93. The van der Waals surface area contributed by atoms with Gasteiger partial charge in [-0.15, -0.1) is 0 Å². The first kappa shape index (κ1) is 21.5. The molecule has 0 aromatic carbocycles. The number of rotatable bonds is 4. The average molecular weight is 413 g/mol. The van der Waals surface area contributed by atoms with E-state index in [2.05, 4.69) is 60.1 Å². The van der Waals surface area contributed by atoms with E-state index in [0.29, 0.717) is 23.7 Å². The van der Waals surface area contributed by atoms with Crippen molar-refractivity contribution in [1.29, 1.82) is 0 Å². The van der Waals surface area contributed by atoms with Crippen molar-refractivity contribution < 1.29 is 18.4 Å². The summed E-state index contributed by atoms with van der Waals surface area (Å²) in [4.78, 5) is 12.4. The molecule has 156 valence electrons. The molecule has 6 heteroatoms. The van der Waals surface area contributed by atoms with Crippen LogP contribution in [-0.2, 0) is 18.4 Å². The molecule has 1 aliphatic heterocycles. The molecular formula is C21H40O4Si2. The lowest BCUT2D eigenvalue weighted by Crippen LogP contribution is -2.48. The fraction of sp³-hybridized carbons (Fsp3) is 0.952. The zero-order valence-corrected chi connectivity index (χ0v) is 20.8. The lowest BCUT2D eigenvalue weighted by molar-refractivity contribution is -0.148. The smallest absolute Gasteiger partial charge is 0.309 e. The topological polar surface area (TPSA) is 44.8 Å². The Kier molecular flexibility index (Phi) is 5.55. The van der Waals surface area contributed by atoms with Crippen LogP contribution in [0.1, 0.15) is 40.0 Å². The van der Waals surface area contributed by atoms with Crippen LogP contribution in [-0.4, -0.2) is 40.4 Å². The molecule has 1 heterocycles. The third-order valence-electron chi connectivity index (χ3n) is 7.01. The number of fused-ring (bicyclic) bond motifs is 3. The van der Waals surface area contributed by atoms with Crippen molar-refractivity contribution in [3.05, 3.63) is 0 Å². The van der Waals surface area contributed by atoms with Crippen LogP contribution in [0.25, 0.3) is 0 Å². The van der Waals surface area contributed by atoms with E-state index in [0.717, 1.165) is 19.3 Å². The summed E-state index contributed by atoms with van der Waals surface area (Å²) >= 11 is 0. The van der Waals surface area contributed by atoms with Crippen molar-refractivity contribution >= 4 is 22.6 Å². The zero-order valence-electron chi connectivity index (χ0n) is 18.8. The predicted molar refractivity (Wildman–Crippen MR) is 114 cm³/mol. The van der Waals surface area contributed by atoms with Gasteiger partial charge in [0.25, 0.3) is 0 Å². The maximum absolute atomic E-state index is 12.4. The monoisotopic (exact) mass is 412 g/mol. The van der Waals surface area contributed by atoms with Crippen LogP contribution in [0.15, 0.2) is 0 Å². The molecule has 0 N–H and O–H groups in total. The van der Waals surface area contributed by atoms with Gasteiger partial charge in [0.05, 0.1) is 11.5 Å². The van der Waals surface area contributed by atoms with E-state index in [1.807, 2.05) is 0 Å². The maximum atomic E-state index is 12.4. The Morgan fingerprint density at radius 3 is 2.26 bits per heavy atom. The number of esters is 1. The summed E-state index contributed by atoms with van der Waals surface area (Å²) in [7, 11) is -3.33. The highest BCUT2D eigenvalue weighted by atomic mass is 28.4. The molecule has 3 rings (SSSR count). The van der Waals surface area contributed by atoms with E-state index in [1.165, 1.54) is 0 Å². The number of carbonyl (C=O) groups is 1. The summed E-state index contributed by atoms with van der Waals surface area (Å²) in [6, 6.07) is 0. The molecule has 0 aromatic rings. The second-order valence-electron chi connectivity index (χ2n) is 11.5. The molecule has 1 saturated heterocycles. The quantitative estimate of drug-likeness (QED) is 0.478. The minimum Gasteiger partial charge on any atom is -0.462 e. The molecule has 4 nitrogen and oxygen atoms in total. The molecule has 0 bridgehead atoms. The minimum absolute atomic E-state index is 0.000215. The molecule has 0 unspecified atom stereocenters. The van der Waals surface area contributed by atoms with Gasteiger partial charge in [-0.1, -0.05) is 13.8 Å². The van der Waals surface area contributed by atoms with Gasteiger partial charge in [-0.25, -0.2) is 0 Å². The highest BCUT2D eigenvalue weighted by molar-refractivity contribution is 6.70. The molecule has 2 aliphatic carbocycles. The van der Waals surface area contributed by atoms with Crippen molar-refractivity contribution in [2.24, 2.45) is 29.6 Å². The Labute approximate surface area is 168 Å². The van der Waals surface area contributed by atoms with Gasteiger partial charge in [-0.05, 0) is 77.3 Å². The van der Waals surface area contributed by atoms with E-state index >= 15 is 0 Å². The number of ether oxygens (including phenoxy) is 1. The Balaban J connectivity index is 1.97. The van der Waals surface area contributed by atoms with Crippen molar-refractivity contribution in [3.8, 4) is 0 Å². The summed E-state index contributed by atoms with van der Waals surface area (Å²) in [5.41, 5.74) is -0.141. The number of hydrogen-bond acceptors (Lipinski definition) is 4. The molecule has 0 spiro atoms. The van der Waals surface area contributed by atoms with Crippen LogP contribution in [0.3, 0.4) is 0 Å². The first-order valence-electron chi connectivity index (χ1n) is 10.8. The molecule has 3 fully saturated rings. The first-order chi connectivity index (χ1) is 12.2. The van der Waals surface area contributed by atoms with Gasteiger partial charge in [0.2, 0.25) is 0 Å². The van der Waals surface area contributed by atoms with Gasteiger partial charge >= 0.3 is 5.97 Å². The number of hydrogen-bond donors (Lipinski definition) is 0. The van der Waals surface area contributed by atoms with Crippen LogP contribution < -0.4 is 0 Å². The second kappa shape index (κ2) is 6.96. The molecule has 27 heavy (non-hydrogen) atoms. The van der Waals surface area contributed by atoms with Crippen molar-refractivity contribution in [2.75, 3.05) is 0 Å². The number of carbonyl (C=O) groups excluding carboxylic acids is 1. The minimum atomic E-state index is -1.70. The molecule has 0 aromatic heterocycles. The van der Waals surface area contributed by atoms with E-state index in [9.17, 15) is 4.79 Å². The van der Waals surface area contributed by atoms with Gasteiger partial charge in [-0.3, -0.25) is 4.79 Å². The average Bonchev–Trinajstić information content (AvgIpc) is 2.89. The SMILES string of the molecule is C[C@H]1[C@@H]2[C@H]3OC(=O)[C@@H](C)[C@@H]3CC[C@@](C)(O[Si](C)(C)C)[C@@H]2C[C@@H]1O[Si](C)(C)C. The molecule has 8 atom stereocenters. The van der Waals surface area contributed by atoms with Crippen molar-refractivity contribution in [1.82, 2.24) is 0 Å². The summed E-state index contributed by atoms with van der Waals surface area (Å²) in [5, 5.41) is 0. The largest absolute Gasteiger partial charge is 0.462 e. The van der Waals surface area contributed by atoms with E-state index < -0.39 is 16.6 Å². The molecular weight excluding hydrogens is 372 g/mol. The van der Waals surface area contributed by atoms with Crippen LogP contribution in [0, 0.1) is 29.6 Å². The van der Waals surface area contributed by atoms with E-state index in [4.69, 9.17) is 13.6 Å². The van der Waals surface area contributed by atoms with Gasteiger partial charge in [0, 0.05) is 17.9 Å². The summed E-state index contributed by atoms with van der Waals surface area (Å²) < 4.78 is 19.5. The molecule has 0 radical (unpaired) electrons. The Hall–Kier alpha value is -0.176. The van der Waals surface area contributed by atoms with Crippen LogP contribution in [0.4, 0.5) is 0 Å². The Morgan fingerprint density at radius 1 is 1.07 bits per heavy atom. The van der Waals surface area contributed by atoms with Gasteiger partial charge < -0.3 is 13.6 Å². The Morgan fingerprint density at radius 2 is 1.70 bits per heavy atom. The zero-order chi connectivity index (χ0) is 20.4. The second-order valence-corrected chi connectivity index (χ2v) is 20.4. The first-order valence-corrected chi connectivity index (χ1v) is 17.6. The fourth-order valence-electron chi connectivity index (χ4n) is 6.06. The van der Waals surface area contributed by atoms with Crippen LogP contribution in [0.5, 0.6) is 0 Å². The van der Waals surface area contributed by atoms with Gasteiger partial charge in [0.15, 0.2) is 16.6 Å². The van der Waals surface area contributed by atoms with Gasteiger partial charge in [-0.2, -0.15) is 0 Å². The highest BCUT2D eigenvalue weighted by Gasteiger charge is 2.61. The lowest BCUT2D eigenvalue weighted by atomic mass is 9.76. The summed E-state index contributed by atoms with van der Waals surface area (Å²) in [6.45, 7) is 20.4. The standard InChI is InChI=1S/C21H40O4Si2/c1-13-15-10-11-21(3,25-27(7,8)9)16-12-17(24-26(4,5)6)14(2)18(16)19(15)23-20(13)22/h13-19H,10-12H2,1-9H3/t13-,14+,15-,16+,17-,18-,19-,21+/m0/s1. The van der Waals surface area contributed by atoms with Crippen LogP contribution >= 0.6 is 0 Å². The van der Waals surface area contributed by atoms with Gasteiger partial charge in [0.1, 0.15) is 6.10 Å². The Bertz CT molecular complexity index is 582. The third-order valence-corrected chi connectivity index (χ3v) is 9.10. The lowest BCUT2D eigenvalue weighted by Gasteiger charge is -2.43. The molecule has 2 saturated carbocycles. The molecule has 0 amide bonds. The maximum Gasteiger partial charge on any atom is 0.309 e. The highest BCUT2D eigenvalue weighted by Crippen LogP contribution is 2.56. The van der Waals surface area contributed by atoms with E-state index in [-0.39, 0.29) is 29.7 Å². The van der Waals surface area contributed by atoms with E-state index in [1.54, 1.807) is 0 Å². The third kappa shape index (κ3) is 4.24. The normalized spacial score (nSPS) is 45.2.